The topological polar surface area (TPSA) is 85.2 Å². The van der Waals surface area contributed by atoms with Gasteiger partial charge in [0.2, 0.25) is 5.91 Å². The third-order valence-electron chi connectivity index (χ3n) is 8.08. The van der Waals surface area contributed by atoms with Crippen molar-refractivity contribution in [2.45, 2.75) is 135 Å². The Labute approximate surface area is 244 Å². The van der Waals surface area contributed by atoms with Crippen molar-refractivity contribution in [3.05, 3.63) is 30.9 Å². The standard InChI is InChI=1S/C33H58N4O3/c1-2-3-4-5-6-7-8-9-10-11-12-13-14-15-16-19-23-35-32(38)31-22-18-17-21-30(31)28-40-33(39)36-24-20-26-37-27-25-34-29-37/h17-18,25,27,29-31H,2-16,19-24,26,28H2,1H3,(H,35,38)(H,36,39). The summed E-state index contributed by atoms with van der Waals surface area (Å²) in [6.07, 6.45) is 33.0. The number of allylic oxidation sites excluding steroid dienone is 2. The number of imidazole rings is 1. The fraction of sp³-hybridized carbons (Fsp3) is 0.788. The zero-order valence-electron chi connectivity index (χ0n) is 25.4. The Morgan fingerprint density at radius 3 is 1.95 bits per heavy atom. The van der Waals surface area contributed by atoms with Crippen molar-refractivity contribution >= 4 is 12.0 Å². The minimum atomic E-state index is -0.410. The first kappa shape index (κ1) is 33.9. The van der Waals surface area contributed by atoms with Crippen molar-refractivity contribution in [3.63, 3.8) is 0 Å². The fourth-order valence-corrected chi connectivity index (χ4v) is 5.50. The van der Waals surface area contributed by atoms with Crippen LogP contribution in [0.25, 0.3) is 0 Å². The molecule has 0 saturated heterocycles. The van der Waals surface area contributed by atoms with Crippen LogP contribution in [0.2, 0.25) is 0 Å². The van der Waals surface area contributed by atoms with Gasteiger partial charge >= 0.3 is 6.09 Å². The lowest BCUT2D eigenvalue weighted by Crippen LogP contribution is -2.39. The third kappa shape index (κ3) is 16.7. The molecule has 1 aromatic rings. The summed E-state index contributed by atoms with van der Waals surface area (Å²) in [5, 5.41) is 5.94. The van der Waals surface area contributed by atoms with E-state index in [1.54, 1.807) is 12.5 Å². The number of ether oxygens (including phenoxy) is 1. The van der Waals surface area contributed by atoms with Gasteiger partial charge in [-0.15, -0.1) is 0 Å². The number of hydrogen-bond acceptors (Lipinski definition) is 4. The van der Waals surface area contributed by atoms with Crippen LogP contribution in [0.1, 0.15) is 129 Å². The van der Waals surface area contributed by atoms with Crippen LogP contribution in [0.4, 0.5) is 4.79 Å². The first-order valence-electron chi connectivity index (χ1n) is 16.5. The normalized spacial score (nSPS) is 16.6. The van der Waals surface area contributed by atoms with Gasteiger partial charge in [0.1, 0.15) is 0 Å². The minimum absolute atomic E-state index is 0.0347. The summed E-state index contributed by atoms with van der Waals surface area (Å²) in [5.41, 5.74) is 0. The maximum absolute atomic E-state index is 12.8. The lowest BCUT2D eigenvalue weighted by atomic mass is 9.83. The van der Waals surface area contributed by atoms with Crippen molar-refractivity contribution in [1.82, 2.24) is 20.2 Å². The highest BCUT2D eigenvalue weighted by Crippen LogP contribution is 2.26. The SMILES string of the molecule is CCCCCCCCCCCCCCCCCCNC(=O)C1CC=CCC1COC(=O)NCCCn1ccnc1. The minimum Gasteiger partial charge on any atom is -0.449 e. The van der Waals surface area contributed by atoms with Gasteiger partial charge in [0.15, 0.2) is 0 Å². The lowest BCUT2D eigenvalue weighted by molar-refractivity contribution is -0.127. The molecular weight excluding hydrogens is 500 g/mol. The average molecular weight is 559 g/mol. The zero-order chi connectivity index (χ0) is 28.5. The van der Waals surface area contributed by atoms with Crippen molar-refractivity contribution < 1.29 is 14.3 Å². The first-order valence-corrected chi connectivity index (χ1v) is 16.5. The smallest absolute Gasteiger partial charge is 0.407 e. The Bertz CT molecular complexity index is 781. The Morgan fingerprint density at radius 1 is 0.775 bits per heavy atom. The number of hydrogen-bond donors (Lipinski definition) is 2. The molecule has 7 nitrogen and oxygen atoms in total. The molecule has 0 saturated carbocycles. The molecule has 2 atom stereocenters. The monoisotopic (exact) mass is 558 g/mol. The van der Waals surface area contributed by atoms with Crippen LogP contribution in [0.5, 0.6) is 0 Å². The molecule has 1 aliphatic rings. The lowest BCUT2D eigenvalue weighted by Gasteiger charge is -2.27. The molecule has 2 unspecified atom stereocenters. The molecule has 0 aliphatic heterocycles. The van der Waals surface area contributed by atoms with Crippen molar-refractivity contribution in [2.24, 2.45) is 11.8 Å². The molecule has 0 fully saturated rings. The molecule has 1 aliphatic carbocycles. The number of aromatic nitrogens is 2. The van der Waals surface area contributed by atoms with E-state index in [9.17, 15) is 9.59 Å². The van der Waals surface area contributed by atoms with Crippen LogP contribution in [0.3, 0.4) is 0 Å². The molecule has 0 aromatic carbocycles. The van der Waals surface area contributed by atoms with Crippen LogP contribution in [-0.4, -0.2) is 41.2 Å². The summed E-state index contributed by atoms with van der Waals surface area (Å²) >= 11 is 0. The number of amides is 2. The molecule has 0 radical (unpaired) electrons. The predicted octanol–water partition coefficient (Wildman–Crippen LogP) is 7.96. The van der Waals surface area contributed by atoms with E-state index >= 15 is 0 Å². The number of nitrogens with zero attached hydrogens (tertiary/aromatic N) is 2. The highest BCUT2D eigenvalue weighted by atomic mass is 16.5. The Hall–Kier alpha value is -2.31. The van der Waals surface area contributed by atoms with Gasteiger partial charge in [-0.05, 0) is 25.7 Å². The Morgan fingerprint density at radius 2 is 1.35 bits per heavy atom. The molecule has 2 amide bonds. The largest absolute Gasteiger partial charge is 0.449 e. The summed E-state index contributed by atoms with van der Waals surface area (Å²) in [4.78, 5) is 28.9. The number of alkyl carbamates (subject to hydrolysis) is 1. The summed E-state index contributed by atoms with van der Waals surface area (Å²) in [6.45, 7) is 4.64. The average Bonchev–Trinajstić information content (AvgIpc) is 3.49. The first-order chi connectivity index (χ1) is 19.7. The molecule has 228 valence electrons. The van der Waals surface area contributed by atoms with Gasteiger partial charge in [-0.2, -0.15) is 0 Å². The number of carbonyl (C=O) groups is 2. The molecular formula is C33H58N4O3. The summed E-state index contributed by atoms with van der Waals surface area (Å²) < 4.78 is 7.43. The van der Waals surface area contributed by atoms with E-state index in [2.05, 4.69) is 34.7 Å². The van der Waals surface area contributed by atoms with Gasteiger partial charge < -0.3 is 19.9 Å². The number of carbonyl (C=O) groups excluding carboxylic acids is 2. The molecule has 2 rings (SSSR count). The van der Waals surface area contributed by atoms with Gasteiger partial charge in [0, 0.05) is 43.9 Å². The molecule has 40 heavy (non-hydrogen) atoms. The van der Waals surface area contributed by atoms with Gasteiger partial charge in [-0.3, -0.25) is 4.79 Å². The summed E-state index contributed by atoms with van der Waals surface area (Å²) in [7, 11) is 0. The molecule has 1 aromatic heterocycles. The van der Waals surface area contributed by atoms with Gasteiger partial charge in [0.25, 0.3) is 0 Å². The van der Waals surface area contributed by atoms with Crippen LogP contribution in [-0.2, 0) is 16.1 Å². The van der Waals surface area contributed by atoms with Crippen molar-refractivity contribution in [2.75, 3.05) is 19.7 Å². The Kier molecular flexibility index (Phi) is 19.8. The van der Waals surface area contributed by atoms with E-state index in [1.807, 2.05) is 10.8 Å². The highest BCUT2D eigenvalue weighted by molar-refractivity contribution is 5.79. The second-order valence-corrected chi connectivity index (χ2v) is 11.6. The highest BCUT2D eigenvalue weighted by Gasteiger charge is 2.29. The third-order valence-corrected chi connectivity index (χ3v) is 8.08. The number of nitrogens with one attached hydrogen (secondary N) is 2. The second-order valence-electron chi connectivity index (χ2n) is 11.6. The predicted molar refractivity (Wildman–Crippen MR) is 164 cm³/mol. The van der Waals surface area contributed by atoms with Crippen molar-refractivity contribution in [1.29, 1.82) is 0 Å². The molecule has 2 N–H and O–H groups in total. The fourth-order valence-electron chi connectivity index (χ4n) is 5.50. The molecule has 0 bridgehead atoms. The van der Waals surface area contributed by atoms with Gasteiger partial charge in [-0.25, -0.2) is 9.78 Å². The number of unbranched alkanes of at least 4 members (excludes halogenated alkanes) is 15. The van der Waals surface area contributed by atoms with E-state index in [0.29, 0.717) is 13.0 Å². The molecule has 7 heteroatoms. The van der Waals surface area contributed by atoms with Crippen LogP contribution in [0.15, 0.2) is 30.9 Å². The molecule has 0 spiro atoms. The maximum atomic E-state index is 12.8. The maximum Gasteiger partial charge on any atom is 0.407 e. The van der Waals surface area contributed by atoms with Crippen LogP contribution >= 0.6 is 0 Å². The van der Waals surface area contributed by atoms with E-state index in [4.69, 9.17) is 4.74 Å². The van der Waals surface area contributed by atoms with Crippen LogP contribution in [0, 0.1) is 11.8 Å². The van der Waals surface area contributed by atoms with Crippen molar-refractivity contribution in [3.8, 4) is 0 Å². The van der Waals surface area contributed by atoms with E-state index in [1.165, 1.54) is 96.3 Å². The zero-order valence-corrected chi connectivity index (χ0v) is 25.4. The van der Waals surface area contributed by atoms with Gasteiger partial charge in [-0.1, -0.05) is 115 Å². The summed E-state index contributed by atoms with van der Waals surface area (Å²) in [6, 6.07) is 0. The quantitative estimate of drug-likeness (QED) is 0.0995. The van der Waals surface area contributed by atoms with E-state index in [-0.39, 0.29) is 24.3 Å². The summed E-state index contributed by atoms with van der Waals surface area (Å²) in [5.74, 6) is 0.00671. The Balaban J connectivity index is 1.41. The molecule has 1 heterocycles. The van der Waals surface area contributed by atoms with E-state index < -0.39 is 6.09 Å². The number of aryl methyl sites for hydroxylation is 1. The second kappa shape index (κ2) is 23.4. The van der Waals surface area contributed by atoms with Gasteiger partial charge in [0.05, 0.1) is 12.9 Å². The van der Waals surface area contributed by atoms with E-state index in [0.717, 1.165) is 32.4 Å². The number of rotatable bonds is 24. The van der Waals surface area contributed by atoms with Crippen LogP contribution < -0.4 is 10.6 Å².